The fourth-order valence-corrected chi connectivity index (χ4v) is 3.16. The van der Waals surface area contributed by atoms with Crippen molar-refractivity contribution in [1.82, 2.24) is 0 Å². The highest BCUT2D eigenvalue weighted by Gasteiger charge is 2.21. The summed E-state index contributed by atoms with van der Waals surface area (Å²) in [5.74, 6) is 0.00238. The van der Waals surface area contributed by atoms with E-state index >= 15 is 0 Å². The molecule has 2 aromatic carbocycles. The van der Waals surface area contributed by atoms with Crippen LogP contribution in [-0.2, 0) is 6.42 Å². The second-order valence-electron chi connectivity index (χ2n) is 6.15. The SMILES string of the molecule is CC(C)N1CCCc2cc(C(=O)c3ccccc3N)ccc21. The first kappa shape index (κ1) is 14.6. The molecule has 0 amide bonds. The Labute approximate surface area is 131 Å². The van der Waals surface area contributed by atoms with Gasteiger partial charge >= 0.3 is 0 Å². The summed E-state index contributed by atoms with van der Waals surface area (Å²) < 4.78 is 0. The van der Waals surface area contributed by atoms with Crippen molar-refractivity contribution in [3.8, 4) is 0 Å². The Kier molecular flexibility index (Phi) is 3.88. The largest absolute Gasteiger partial charge is 0.398 e. The molecule has 1 aliphatic heterocycles. The first-order chi connectivity index (χ1) is 10.6. The number of ketones is 1. The molecule has 0 bridgehead atoms. The number of nitrogen functional groups attached to an aromatic ring is 1. The highest BCUT2D eigenvalue weighted by Crippen LogP contribution is 2.30. The van der Waals surface area contributed by atoms with Crippen LogP contribution in [0.25, 0.3) is 0 Å². The van der Waals surface area contributed by atoms with Crippen LogP contribution in [0.15, 0.2) is 42.5 Å². The summed E-state index contributed by atoms with van der Waals surface area (Å²) in [5.41, 5.74) is 10.3. The van der Waals surface area contributed by atoms with Gasteiger partial charge in [-0.1, -0.05) is 12.1 Å². The lowest BCUT2D eigenvalue weighted by molar-refractivity contribution is 0.103. The lowest BCUT2D eigenvalue weighted by Gasteiger charge is -2.34. The van der Waals surface area contributed by atoms with E-state index in [1.54, 1.807) is 12.1 Å². The smallest absolute Gasteiger partial charge is 0.195 e. The summed E-state index contributed by atoms with van der Waals surface area (Å²) in [6.07, 6.45) is 2.17. The summed E-state index contributed by atoms with van der Waals surface area (Å²) in [6.45, 7) is 5.50. The summed E-state index contributed by atoms with van der Waals surface area (Å²) in [5, 5.41) is 0. The van der Waals surface area contributed by atoms with Crippen molar-refractivity contribution in [3.63, 3.8) is 0 Å². The number of para-hydroxylation sites is 1. The van der Waals surface area contributed by atoms with Crippen molar-refractivity contribution in [2.45, 2.75) is 32.7 Å². The molecule has 114 valence electrons. The van der Waals surface area contributed by atoms with Crippen LogP contribution in [0, 0.1) is 0 Å². The fraction of sp³-hybridized carbons (Fsp3) is 0.316. The lowest BCUT2D eigenvalue weighted by atomic mass is 9.94. The number of hydrogen-bond acceptors (Lipinski definition) is 3. The predicted molar refractivity (Wildman–Crippen MR) is 91.5 cm³/mol. The van der Waals surface area contributed by atoms with E-state index in [4.69, 9.17) is 5.73 Å². The van der Waals surface area contributed by atoms with Crippen molar-refractivity contribution in [1.29, 1.82) is 0 Å². The highest BCUT2D eigenvalue weighted by molar-refractivity contribution is 6.12. The second kappa shape index (κ2) is 5.84. The molecule has 1 heterocycles. The molecule has 0 aromatic heterocycles. The number of carbonyl (C=O) groups excluding carboxylic acids is 1. The third-order valence-corrected chi connectivity index (χ3v) is 4.33. The number of nitrogens with two attached hydrogens (primary N) is 1. The topological polar surface area (TPSA) is 46.3 Å². The minimum atomic E-state index is 0.00238. The molecule has 0 fully saturated rings. The van der Waals surface area contributed by atoms with E-state index in [1.807, 2.05) is 24.3 Å². The van der Waals surface area contributed by atoms with Gasteiger partial charge in [-0.05, 0) is 62.6 Å². The molecule has 1 aliphatic rings. The van der Waals surface area contributed by atoms with Gasteiger partial charge in [0.05, 0.1) is 0 Å². The van der Waals surface area contributed by atoms with Gasteiger partial charge in [0.1, 0.15) is 0 Å². The van der Waals surface area contributed by atoms with Gasteiger partial charge < -0.3 is 10.6 Å². The van der Waals surface area contributed by atoms with Gasteiger partial charge in [-0.25, -0.2) is 0 Å². The lowest BCUT2D eigenvalue weighted by Crippen LogP contribution is -2.35. The maximum absolute atomic E-state index is 12.7. The Morgan fingerprint density at radius 3 is 2.68 bits per heavy atom. The Balaban J connectivity index is 1.97. The van der Waals surface area contributed by atoms with Gasteiger partial charge in [0.15, 0.2) is 5.78 Å². The van der Waals surface area contributed by atoms with Gasteiger partial charge in [-0.2, -0.15) is 0 Å². The van der Waals surface area contributed by atoms with Crippen molar-refractivity contribution in [3.05, 3.63) is 59.2 Å². The summed E-state index contributed by atoms with van der Waals surface area (Å²) in [6, 6.07) is 13.8. The monoisotopic (exact) mass is 294 g/mol. The van der Waals surface area contributed by atoms with Crippen LogP contribution in [0.2, 0.25) is 0 Å². The average Bonchev–Trinajstić information content (AvgIpc) is 2.53. The van der Waals surface area contributed by atoms with E-state index in [9.17, 15) is 4.79 Å². The third-order valence-electron chi connectivity index (χ3n) is 4.33. The maximum Gasteiger partial charge on any atom is 0.195 e. The zero-order valence-corrected chi connectivity index (χ0v) is 13.2. The van der Waals surface area contributed by atoms with E-state index in [2.05, 4.69) is 24.8 Å². The van der Waals surface area contributed by atoms with E-state index in [0.29, 0.717) is 17.3 Å². The predicted octanol–water partition coefficient (Wildman–Crippen LogP) is 3.66. The van der Waals surface area contributed by atoms with Gasteiger partial charge in [0.25, 0.3) is 0 Å². The minimum Gasteiger partial charge on any atom is -0.398 e. The quantitative estimate of drug-likeness (QED) is 0.694. The normalized spacial score (nSPS) is 14.0. The molecule has 2 N–H and O–H groups in total. The Bertz CT molecular complexity index is 706. The number of nitrogens with zero attached hydrogens (tertiary/aromatic N) is 1. The second-order valence-corrected chi connectivity index (χ2v) is 6.15. The van der Waals surface area contributed by atoms with Crippen LogP contribution >= 0.6 is 0 Å². The number of anilines is 2. The molecule has 3 nitrogen and oxygen atoms in total. The maximum atomic E-state index is 12.7. The third kappa shape index (κ3) is 2.59. The number of benzene rings is 2. The Morgan fingerprint density at radius 2 is 1.95 bits per heavy atom. The summed E-state index contributed by atoms with van der Waals surface area (Å²) in [7, 11) is 0. The molecule has 0 radical (unpaired) electrons. The van der Waals surface area contributed by atoms with Crippen molar-refractivity contribution < 1.29 is 4.79 Å². The molecule has 0 spiro atoms. The van der Waals surface area contributed by atoms with Gasteiger partial charge in [0, 0.05) is 35.1 Å². The molecule has 0 unspecified atom stereocenters. The van der Waals surface area contributed by atoms with Crippen LogP contribution in [0.5, 0.6) is 0 Å². The Morgan fingerprint density at radius 1 is 1.18 bits per heavy atom. The number of rotatable bonds is 3. The van der Waals surface area contributed by atoms with Crippen LogP contribution in [0.3, 0.4) is 0 Å². The van der Waals surface area contributed by atoms with Crippen LogP contribution in [0.4, 0.5) is 11.4 Å². The fourth-order valence-electron chi connectivity index (χ4n) is 3.16. The molecule has 0 aliphatic carbocycles. The number of aryl methyl sites for hydroxylation is 1. The molecular weight excluding hydrogens is 272 g/mol. The first-order valence-electron chi connectivity index (χ1n) is 7.86. The minimum absolute atomic E-state index is 0.00238. The van der Waals surface area contributed by atoms with Crippen molar-refractivity contribution >= 4 is 17.2 Å². The van der Waals surface area contributed by atoms with Crippen LogP contribution < -0.4 is 10.6 Å². The first-order valence-corrected chi connectivity index (χ1v) is 7.86. The highest BCUT2D eigenvalue weighted by atomic mass is 16.1. The molecule has 3 rings (SSSR count). The van der Waals surface area contributed by atoms with Crippen molar-refractivity contribution in [2.24, 2.45) is 0 Å². The zero-order chi connectivity index (χ0) is 15.7. The summed E-state index contributed by atoms with van der Waals surface area (Å²) in [4.78, 5) is 15.1. The summed E-state index contributed by atoms with van der Waals surface area (Å²) >= 11 is 0. The number of carbonyl (C=O) groups is 1. The average molecular weight is 294 g/mol. The molecule has 0 saturated heterocycles. The van der Waals surface area contributed by atoms with E-state index in [0.717, 1.165) is 24.9 Å². The van der Waals surface area contributed by atoms with Gasteiger partial charge in [-0.15, -0.1) is 0 Å². The molecule has 22 heavy (non-hydrogen) atoms. The zero-order valence-electron chi connectivity index (χ0n) is 13.2. The number of fused-ring (bicyclic) bond motifs is 1. The molecule has 0 saturated carbocycles. The Hall–Kier alpha value is -2.29. The molecular formula is C19H22N2O. The van der Waals surface area contributed by atoms with Gasteiger partial charge in [-0.3, -0.25) is 4.79 Å². The number of hydrogen-bond donors (Lipinski definition) is 1. The molecule has 2 aromatic rings. The van der Waals surface area contributed by atoms with E-state index in [1.165, 1.54) is 11.3 Å². The van der Waals surface area contributed by atoms with E-state index in [-0.39, 0.29) is 5.78 Å². The standard InChI is InChI=1S/C19H22N2O/c1-13(2)21-11-5-6-14-12-15(9-10-18(14)21)19(22)16-7-3-4-8-17(16)20/h3-4,7-10,12-13H,5-6,11,20H2,1-2H3. The van der Waals surface area contributed by atoms with Gasteiger partial charge in [0.2, 0.25) is 0 Å². The van der Waals surface area contributed by atoms with Crippen molar-refractivity contribution in [2.75, 3.05) is 17.2 Å². The van der Waals surface area contributed by atoms with Crippen LogP contribution in [-0.4, -0.2) is 18.4 Å². The van der Waals surface area contributed by atoms with Crippen LogP contribution in [0.1, 0.15) is 41.8 Å². The molecule has 3 heteroatoms. The van der Waals surface area contributed by atoms with E-state index < -0.39 is 0 Å². The molecule has 0 atom stereocenters.